The van der Waals surface area contributed by atoms with Crippen molar-refractivity contribution in [3.05, 3.63) is 28.0 Å². The van der Waals surface area contributed by atoms with E-state index in [1.54, 1.807) is 0 Å². The highest BCUT2D eigenvalue weighted by atomic mass is 32.1. The topological polar surface area (TPSA) is 41.8 Å². The van der Waals surface area contributed by atoms with Crippen LogP contribution in [0.5, 0.6) is 0 Å². The minimum Gasteiger partial charge on any atom is -0.353 e. The highest BCUT2D eigenvalue weighted by molar-refractivity contribution is 7.71. The molecule has 0 aliphatic rings. The van der Waals surface area contributed by atoms with Crippen LogP contribution in [0.4, 0.5) is 0 Å². The molecule has 0 amide bonds. The first-order valence-electron chi connectivity index (χ1n) is 4.10. The Morgan fingerprint density at radius 1 is 1.67 bits per heavy atom. The summed E-state index contributed by atoms with van der Waals surface area (Å²) in [6.07, 6.45) is 2.86. The second kappa shape index (κ2) is 3.83. The summed E-state index contributed by atoms with van der Waals surface area (Å²) in [5.41, 5.74) is 8.22. The summed E-state index contributed by atoms with van der Waals surface area (Å²) in [5.74, 6) is 0. The Morgan fingerprint density at radius 3 is 2.83 bits per heavy atom. The number of nitrogens with one attached hydrogen (secondary N) is 1. The minimum atomic E-state index is 0.122. The number of hydrogen-bond acceptors (Lipinski definition) is 2. The van der Waals surface area contributed by atoms with Gasteiger partial charge in [-0.3, -0.25) is 0 Å². The summed E-state index contributed by atoms with van der Waals surface area (Å²) < 4.78 is 0.763. The second-order valence-corrected chi connectivity index (χ2v) is 3.39. The number of aromatic nitrogens is 1. The van der Waals surface area contributed by atoms with Crippen LogP contribution >= 0.6 is 12.2 Å². The molecule has 1 heterocycles. The van der Waals surface area contributed by atoms with Crippen molar-refractivity contribution in [2.24, 2.45) is 5.73 Å². The minimum absolute atomic E-state index is 0.122. The van der Waals surface area contributed by atoms with Gasteiger partial charge in [0.25, 0.3) is 0 Å². The Labute approximate surface area is 77.8 Å². The van der Waals surface area contributed by atoms with Crippen molar-refractivity contribution in [3.8, 4) is 0 Å². The van der Waals surface area contributed by atoms with Gasteiger partial charge in [0.2, 0.25) is 0 Å². The zero-order chi connectivity index (χ0) is 9.14. The van der Waals surface area contributed by atoms with Gasteiger partial charge >= 0.3 is 0 Å². The molecular weight excluding hydrogens is 168 g/mol. The van der Waals surface area contributed by atoms with Gasteiger partial charge in [0.15, 0.2) is 0 Å². The Bertz CT molecular complexity index is 317. The van der Waals surface area contributed by atoms with E-state index < -0.39 is 0 Å². The van der Waals surface area contributed by atoms with E-state index in [1.807, 2.05) is 19.2 Å². The van der Waals surface area contributed by atoms with Crippen LogP contribution in [0.15, 0.2) is 12.3 Å². The fourth-order valence-corrected chi connectivity index (χ4v) is 1.44. The van der Waals surface area contributed by atoms with E-state index in [2.05, 4.69) is 11.9 Å². The van der Waals surface area contributed by atoms with Crippen LogP contribution in [0.2, 0.25) is 0 Å². The maximum Gasteiger partial charge on any atom is 0.103 e. The van der Waals surface area contributed by atoms with E-state index in [0.29, 0.717) is 0 Å². The number of aryl methyl sites for hydroxylation is 1. The summed E-state index contributed by atoms with van der Waals surface area (Å²) in [7, 11) is 0. The van der Waals surface area contributed by atoms with Crippen LogP contribution in [0, 0.1) is 11.6 Å². The lowest BCUT2D eigenvalue weighted by atomic mass is 10.0. The number of rotatable bonds is 2. The number of H-pyrrole nitrogens is 1. The van der Waals surface area contributed by atoms with Gasteiger partial charge in [-0.15, -0.1) is 0 Å². The molecule has 0 bridgehead atoms. The third-order valence-corrected chi connectivity index (χ3v) is 2.25. The Balaban J connectivity index is 3.09. The molecule has 0 saturated carbocycles. The molecule has 66 valence electrons. The van der Waals surface area contributed by atoms with E-state index in [1.165, 1.54) is 5.56 Å². The molecule has 1 rings (SSSR count). The predicted molar refractivity (Wildman–Crippen MR) is 53.6 cm³/mol. The summed E-state index contributed by atoms with van der Waals surface area (Å²) in [6.45, 7) is 4.11. The lowest BCUT2D eigenvalue weighted by molar-refractivity contribution is 0.690. The zero-order valence-electron chi connectivity index (χ0n) is 7.42. The van der Waals surface area contributed by atoms with Crippen molar-refractivity contribution in [1.82, 2.24) is 4.98 Å². The van der Waals surface area contributed by atoms with Crippen molar-refractivity contribution in [2.45, 2.75) is 26.3 Å². The molecule has 3 heteroatoms. The number of pyridine rings is 1. The third-order valence-electron chi connectivity index (χ3n) is 2.01. The molecule has 0 spiro atoms. The molecule has 0 unspecified atom stereocenters. The quantitative estimate of drug-likeness (QED) is 0.690. The van der Waals surface area contributed by atoms with Crippen LogP contribution in [0.3, 0.4) is 0 Å². The molecule has 0 radical (unpaired) electrons. The Morgan fingerprint density at radius 2 is 2.33 bits per heavy atom. The zero-order valence-corrected chi connectivity index (χ0v) is 8.24. The normalized spacial score (nSPS) is 12.9. The van der Waals surface area contributed by atoms with Crippen LogP contribution < -0.4 is 5.73 Å². The highest BCUT2D eigenvalue weighted by Crippen LogP contribution is 2.16. The molecule has 2 nitrogen and oxygen atoms in total. The van der Waals surface area contributed by atoms with Gasteiger partial charge in [0.05, 0.1) is 0 Å². The SMILES string of the molecule is CC[C@H](N)c1c[nH]c(=S)cc1C. The number of nitrogens with two attached hydrogens (primary N) is 1. The van der Waals surface area contributed by atoms with Gasteiger partial charge in [0, 0.05) is 12.2 Å². The molecule has 12 heavy (non-hydrogen) atoms. The molecule has 1 aromatic heterocycles. The van der Waals surface area contributed by atoms with Crippen molar-refractivity contribution in [1.29, 1.82) is 0 Å². The van der Waals surface area contributed by atoms with Crippen molar-refractivity contribution in [2.75, 3.05) is 0 Å². The van der Waals surface area contributed by atoms with Gasteiger partial charge in [-0.1, -0.05) is 19.1 Å². The Kier molecular flexibility index (Phi) is 3.00. The fraction of sp³-hybridized carbons (Fsp3) is 0.444. The first-order chi connectivity index (χ1) is 5.65. The summed E-state index contributed by atoms with van der Waals surface area (Å²) in [4.78, 5) is 2.99. The van der Waals surface area contributed by atoms with Crippen molar-refractivity contribution < 1.29 is 0 Å². The van der Waals surface area contributed by atoms with Gasteiger partial charge < -0.3 is 10.7 Å². The smallest absolute Gasteiger partial charge is 0.103 e. The maximum absolute atomic E-state index is 5.89. The summed E-state index contributed by atoms with van der Waals surface area (Å²) in [5, 5.41) is 0. The maximum atomic E-state index is 5.89. The van der Waals surface area contributed by atoms with Crippen molar-refractivity contribution in [3.63, 3.8) is 0 Å². The average Bonchev–Trinajstić information content (AvgIpc) is 2.03. The lowest BCUT2D eigenvalue weighted by Gasteiger charge is -2.11. The van der Waals surface area contributed by atoms with E-state index in [4.69, 9.17) is 18.0 Å². The van der Waals surface area contributed by atoms with Crippen LogP contribution in [-0.2, 0) is 0 Å². The fourth-order valence-electron chi connectivity index (χ4n) is 1.20. The Hall–Kier alpha value is -0.670. The first kappa shape index (κ1) is 9.42. The van der Waals surface area contributed by atoms with Crippen LogP contribution in [0.25, 0.3) is 0 Å². The largest absolute Gasteiger partial charge is 0.353 e. The highest BCUT2D eigenvalue weighted by Gasteiger charge is 2.05. The predicted octanol–water partition coefficient (Wildman–Crippen LogP) is 2.46. The first-order valence-corrected chi connectivity index (χ1v) is 4.50. The van der Waals surface area contributed by atoms with E-state index in [-0.39, 0.29) is 6.04 Å². The van der Waals surface area contributed by atoms with E-state index >= 15 is 0 Å². The molecular formula is C9H14N2S. The average molecular weight is 182 g/mol. The van der Waals surface area contributed by atoms with Gasteiger partial charge in [-0.2, -0.15) is 0 Å². The van der Waals surface area contributed by atoms with E-state index in [9.17, 15) is 0 Å². The molecule has 0 saturated heterocycles. The molecule has 1 aromatic rings. The van der Waals surface area contributed by atoms with Gasteiger partial charge in [-0.05, 0) is 30.5 Å². The van der Waals surface area contributed by atoms with Crippen LogP contribution in [-0.4, -0.2) is 4.98 Å². The standard InChI is InChI=1S/C9H14N2S/c1-3-8(10)7-5-11-9(12)4-6(7)2/h4-5,8H,3,10H2,1-2H3,(H,11,12)/t8-/m0/s1. The monoisotopic (exact) mass is 182 g/mol. The number of hydrogen-bond donors (Lipinski definition) is 2. The van der Waals surface area contributed by atoms with Gasteiger partial charge in [0.1, 0.15) is 4.64 Å². The van der Waals surface area contributed by atoms with E-state index in [0.717, 1.165) is 16.6 Å². The molecule has 1 atom stereocenters. The molecule has 0 aliphatic carbocycles. The molecule has 0 fully saturated rings. The molecule has 3 N–H and O–H groups in total. The third kappa shape index (κ3) is 1.93. The summed E-state index contributed by atoms with van der Waals surface area (Å²) >= 11 is 4.99. The second-order valence-electron chi connectivity index (χ2n) is 2.95. The van der Waals surface area contributed by atoms with Gasteiger partial charge in [-0.25, -0.2) is 0 Å². The van der Waals surface area contributed by atoms with Crippen molar-refractivity contribution >= 4 is 12.2 Å². The molecule has 0 aromatic carbocycles. The van der Waals surface area contributed by atoms with Crippen LogP contribution in [0.1, 0.15) is 30.5 Å². The lowest BCUT2D eigenvalue weighted by Crippen LogP contribution is -2.10. The molecule has 0 aliphatic heterocycles. The number of aromatic amines is 1. The summed E-state index contributed by atoms with van der Waals surface area (Å²) in [6, 6.07) is 2.07.